The third kappa shape index (κ3) is 3.51. The summed E-state index contributed by atoms with van der Waals surface area (Å²) in [6.45, 7) is 8.38. The molecular weight excluding hydrogens is 256 g/mol. The van der Waals surface area contributed by atoms with Gasteiger partial charge in [0.05, 0.1) is 12.6 Å². The third-order valence-electron chi connectivity index (χ3n) is 4.20. The van der Waals surface area contributed by atoms with Crippen molar-refractivity contribution < 1.29 is 14.3 Å². The molecule has 1 rings (SSSR count). The van der Waals surface area contributed by atoms with E-state index in [1.54, 1.807) is 18.9 Å². The SMILES string of the molecule is CCCC(COC)N1C(=O)C(C(C)CC)NC(=O)C1C. The zero-order chi connectivity index (χ0) is 15.3. The van der Waals surface area contributed by atoms with Gasteiger partial charge in [-0.05, 0) is 19.3 Å². The van der Waals surface area contributed by atoms with E-state index in [9.17, 15) is 9.59 Å². The molecule has 0 spiro atoms. The molecule has 4 atom stereocenters. The fraction of sp³-hybridized carbons (Fsp3) is 0.867. The smallest absolute Gasteiger partial charge is 0.246 e. The minimum atomic E-state index is -0.422. The Morgan fingerprint density at radius 3 is 2.50 bits per heavy atom. The molecule has 0 aliphatic carbocycles. The summed E-state index contributed by atoms with van der Waals surface area (Å²) >= 11 is 0. The van der Waals surface area contributed by atoms with Gasteiger partial charge in [0, 0.05) is 7.11 Å². The van der Waals surface area contributed by atoms with Crippen LogP contribution in [0.15, 0.2) is 0 Å². The minimum Gasteiger partial charge on any atom is -0.383 e. The lowest BCUT2D eigenvalue weighted by Gasteiger charge is -2.43. The van der Waals surface area contributed by atoms with Gasteiger partial charge in [0.25, 0.3) is 0 Å². The molecule has 4 unspecified atom stereocenters. The van der Waals surface area contributed by atoms with Gasteiger partial charge in [-0.15, -0.1) is 0 Å². The Morgan fingerprint density at radius 1 is 1.35 bits per heavy atom. The average Bonchev–Trinajstić information content (AvgIpc) is 2.42. The number of hydrogen-bond acceptors (Lipinski definition) is 3. The van der Waals surface area contributed by atoms with Crippen molar-refractivity contribution in [1.29, 1.82) is 0 Å². The summed E-state index contributed by atoms with van der Waals surface area (Å²) in [4.78, 5) is 26.6. The molecule has 1 fully saturated rings. The Bertz CT molecular complexity index is 340. The van der Waals surface area contributed by atoms with Crippen molar-refractivity contribution in [2.24, 2.45) is 5.92 Å². The molecule has 0 aromatic rings. The van der Waals surface area contributed by atoms with Crippen molar-refractivity contribution in [2.45, 2.75) is 65.1 Å². The molecule has 1 aliphatic rings. The van der Waals surface area contributed by atoms with E-state index in [1.807, 2.05) is 13.8 Å². The highest BCUT2D eigenvalue weighted by Crippen LogP contribution is 2.22. The van der Waals surface area contributed by atoms with E-state index in [-0.39, 0.29) is 23.8 Å². The van der Waals surface area contributed by atoms with Crippen LogP contribution >= 0.6 is 0 Å². The van der Waals surface area contributed by atoms with Crippen molar-refractivity contribution >= 4 is 11.8 Å². The highest BCUT2D eigenvalue weighted by atomic mass is 16.5. The Balaban J connectivity index is 2.99. The van der Waals surface area contributed by atoms with Crippen molar-refractivity contribution in [3.8, 4) is 0 Å². The van der Waals surface area contributed by atoms with E-state index in [1.165, 1.54) is 0 Å². The second-order valence-electron chi connectivity index (χ2n) is 5.69. The summed E-state index contributed by atoms with van der Waals surface area (Å²) in [5, 5.41) is 2.86. The first-order chi connectivity index (χ1) is 9.47. The van der Waals surface area contributed by atoms with Crippen molar-refractivity contribution in [3.63, 3.8) is 0 Å². The van der Waals surface area contributed by atoms with Crippen LogP contribution in [0.1, 0.15) is 47.0 Å². The van der Waals surface area contributed by atoms with Gasteiger partial charge < -0.3 is 15.0 Å². The van der Waals surface area contributed by atoms with Gasteiger partial charge in [-0.3, -0.25) is 9.59 Å². The van der Waals surface area contributed by atoms with Crippen LogP contribution in [-0.2, 0) is 14.3 Å². The van der Waals surface area contributed by atoms with Crippen molar-refractivity contribution in [2.75, 3.05) is 13.7 Å². The number of carbonyl (C=O) groups excluding carboxylic acids is 2. The van der Waals surface area contributed by atoms with Crippen LogP contribution in [0, 0.1) is 5.92 Å². The average molecular weight is 284 g/mol. The lowest BCUT2D eigenvalue weighted by molar-refractivity contribution is -0.154. The normalized spacial score (nSPS) is 26.4. The molecule has 1 N–H and O–H groups in total. The topological polar surface area (TPSA) is 58.6 Å². The minimum absolute atomic E-state index is 0.0230. The highest BCUT2D eigenvalue weighted by Gasteiger charge is 2.42. The summed E-state index contributed by atoms with van der Waals surface area (Å²) < 4.78 is 5.24. The summed E-state index contributed by atoms with van der Waals surface area (Å²) in [5.41, 5.74) is 0. The molecule has 5 heteroatoms. The second kappa shape index (κ2) is 7.62. The van der Waals surface area contributed by atoms with E-state index in [2.05, 4.69) is 12.2 Å². The van der Waals surface area contributed by atoms with Crippen LogP contribution < -0.4 is 5.32 Å². The zero-order valence-electron chi connectivity index (χ0n) is 13.3. The van der Waals surface area contributed by atoms with E-state index in [4.69, 9.17) is 4.74 Å². The molecule has 1 aliphatic heterocycles. The van der Waals surface area contributed by atoms with Crippen LogP contribution in [0.25, 0.3) is 0 Å². The largest absolute Gasteiger partial charge is 0.383 e. The molecule has 0 saturated carbocycles. The molecule has 0 radical (unpaired) electrons. The Hall–Kier alpha value is -1.10. The first-order valence-corrected chi connectivity index (χ1v) is 7.59. The van der Waals surface area contributed by atoms with Gasteiger partial charge in [0.1, 0.15) is 12.1 Å². The van der Waals surface area contributed by atoms with Gasteiger partial charge >= 0.3 is 0 Å². The first kappa shape index (κ1) is 17.0. The molecule has 116 valence electrons. The van der Waals surface area contributed by atoms with Crippen LogP contribution in [-0.4, -0.2) is 48.6 Å². The van der Waals surface area contributed by atoms with Crippen molar-refractivity contribution in [3.05, 3.63) is 0 Å². The molecule has 1 heterocycles. The number of nitrogens with one attached hydrogen (secondary N) is 1. The van der Waals surface area contributed by atoms with Gasteiger partial charge in [-0.25, -0.2) is 0 Å². The van der Waals surface area contributed by atoms with Crippen LogP contribution in [0.3, 0.4) is 0 Å². The quantitative estimate of drug-likeness (QED) is 0.772. The number of carbonyl (C=O) groups is 2. The number of amides is 2. The Morgan fingerprint density at radius 2 is 2.00 bits per heavy atom. The summed E-state index contributed by atoms with van der Waals surface area (Å²) in [7, 11) is 1.63. The fourth-order valence-electron chi connectivity index (χ4n) is 2.76. The number of hydrogen-bond donors (Lipinski definition) is 1. The Kier molecular flexibility index (Phi) is 6.46. The summed E-state index contributed by atoms with van der Waals surface area (Å²) in [5.74, 6) is 0.111. The number of rotatable bonds is 7. The second-order valence-corrected chi connectivity index (χ2v) is 5.69. The maximum Gasteiger partial charge on any atom is 0.246 e. The summed E-state index contributed by atoms with van der Waals surface area (Å²) in [6.07, 6.45) is 2.67. The van der Waals surface area contributed by atoms with Crippen LogP contribution in [0.5, 0.6) is 0 Å². The molecule has 0 aromatic carbocycles. The predicted molar refractivity (Wildman–Crippen MR) is 78.3 cm³/mol. The van der Waals surface area contributed by atoms with Gasteiger partial charge in [-0.1, -0.05) is 33.6 Å². The molecular formula is C15H28N2O3. The molecule has 5 nitrogen and oxygen atoms in total. The molecule has 1 saturated heterocycles. The van der Waals surface area contributed by atoms with Crippen molar-refractivity contribution in [1.82, 2.24) is 10.2 Å². The van der Waals surface area contributed by atoms with Gasteiger partial charge in [0.15, 0.2) is 0 Å². The Labute approximate surface area is 122 Å². The summed E-state index contributed by atoms with van der Waals surface area (Å²) in [6, 6.07) is -0.848. The number of ether oxygens (including phenoxy) is 1. The van der Waals surface area contributed by atoms with Crippen LogP contribution in [0.2, 0.25) is 0 Å². The molecule has 2 amide bonds. The number of piperazine rings is 1. The predicted octanol–water partition coefficient (Wildman–Crippen LogP) is 1.56. The number of methoxy groups -OCH3 is 1. The molecule has 20 heavy (non-hydrogen) atoms. The van der Waals surface area contributed by atoms with Gasteiger partial charge in [0.2, 0.25) is 11.8 Å². The van der Waals surface area contributed by atoms with Crippen LogP contribution in [0.4, 0.5) is 0 Å². The van der Waals surface area contributed by atoms with E-state index in [0.29, 0.717) is 6.61 Å². The monoisotopic (exact) mass is 284 g/mol. The highest BCUT2D eigenvalue weighted by molar-refractivity contribution is 5.97. The molecule has 0 bridgehead atoms. The fourth-order valence-corrected chi connectivity index (χ4v) is 2.76. The molecule has 0 aromatic heterocycles. The zero-order valence-corrected chi connectivity index (χ0v) is 13.3. The van der Waals surface area contributed by atoms with E-state index >= 15 is 0 Å². The lowest BCUT2D eigenvalue weighted by Crippen LogP contribution is -2.66. The lowest BCUT2D eigenvalue weighted by atomic mass is 9.93. The standard InChI is InChI=1S/C15H28N2O3/c1-6-8-12(9-20-5)17-11(4)14(18)16-13(15(17)19)10(3)7-2/h10-13H,6-9H2,1-5H3,(H,16,18). The maximum atomic E-state index is 12.7. The number of nitrogens with zero attached hydrogens (tertiary/aromatic N) is 1. The van der Waals surface area contributed by atoms with Gasteiger partial charge in [-0.2, -0.15) is 0 Å². The van der Waals surface area contributed by atoms with E-state index < -0.39 is 12.1 Å². The third-order valence-corrected chi connectivity index (χ3v) is 4.20. The van der Waals surface area contributed by atoms with E-state index in [0.717, 1.165) is 19.3 Å². The first-order valence-electron chi connectivity index (χ1n) is 7.59. The maximum absolute atomic E-state index is 12.7.